The van der Waals surface area contributed by atoms with Gasteiger partial charge in [-0.3, -0.25) is 4.98 Å². The first-order valence-corrected chi connectivity index (χ1v) is 18.0. The van der Waals surface area contributed by atoms with Crippen molar-refractivity contribution in [2.75, 3.05) is 19.8 Å². The third-order valence-corrected chi connectivity index (χ3v) is 6.17. The number of aromatic nitrogens is 1. The number of hydrogen-bond donors (Lipinski definition) is 3. The van der Waals surface area contributed by atoms with E-state index >= 15 is 0 Å². The number of rotatable bonds is 6. The van der Waals surface area contributed by atoms with Gasteiger partial charge in [-0.15, -0.1) is 0 Å². The van der Waals surface area contributed by atoms with Crippen molar-refractivity contribution in [3.8, 4) is 0 Å². The van der Waals surface area contributed by atoms with Gasteiger partial charge in [0.15, 0.2) is 5.82 Å². The fourth-order valence-corrected chi connectivity index (χ4v) is 4.26. The summed E-state index contributed by atoms with van der Waals surface area (Å²) in [7, 11) is 0. The smallest absolute Gasteiger partial charge is 0.152 e. The van der Waals surface area contributed by atoms with Crippen LogP contribution in [-0.2, 0) is 11.2 Å². The lowest BCUT2D eigenvalue weighted by Crippen LogP contribution is -2.19. The highest BCUT2D eigenvalue weighted by atomic mass is 19.1. The molecule has 2 unspecified atom stereocenters. The van der Waals surface area contributed by atoms with Crippen LogP contribution < -0.4 is 5.32 Å². The lowest BCUT2D eigenvalue weighted by Gasteiger charge is -2.22. The summed E-state index contributed by atoms with van der Waals surface area (Å²) in [6, 6.07) is 8.58. The van der Waals surface area contributed by atoms with Crippen LogP contribution in [0.4, 0.5) is 4.39 Å². The van der Waals surface area contributed by atoms with Crippen LogP contribution >= 0.6 is 0 Å². The molecule has 2 atom stereocenters. The molecule has 2 aromatic rings. The number of ether oxygens (including phenoxy) is 1. The van der Waals surface area contributed by atoms with Crippen LogP contribution in [-0.4, -0.2) is 47.1 Å². The van der Waals surface area contributed by atoms with Crippen molar-refractivity contribution in [1.82, 2.24) is 10.3 Å². The Hall–Kier alpha value is -2.80. The summed E-state index contributed by atoms with van der Waals surface area (Å²) in [6.07, 6.45) is 8.61. The van der Waals surface area contributed by atoms with E-state index in [9.17, 15) is 9.50 Å². The maximum Gasteiger partial charge on any atom is 0.152 e. The number of allylic oxidation sites excluding steroid dienone is 2. The summed E-state index contributed by atoms with van der Waals surface area (Å²) in [5.41, 5.74) is 4.94. The van der Waals surface area contributed by atoms with Crippen molar-refractivity contribution >= 4 is 11.1 Å². The largest absolute Gasteiger partial charge is 0.496 e. The molecule has 0 saturated carbocycles. The molecule has 47 heavy (non-hydrogen) atoms. The summed E-state index contributed by atoms with van der Waals surface area (Å²) < 4.78 is 19.5. The Labute approximate surface area is 290 Å². The summed E-state index contributed by atoms with van der Waals surface area (Å²) >= 11 is 0. The number of aliphatic hydroxyl groups excluding tert-OH is 2. The molecule has 0 spiro atoms. The van der Waals surface area contributed by atoms with E-state index in [-0.39, 0.29) is 18.1 Å². The lowest BCUT2D eigenvalue weighted by atomic mass is 9.87. The van der Waals surface area contributed by atoms with Crippen molar-refractivity contribution in [3.63, 3.8) is 0 Å². The Balaban J connectivity index is -0.000000305. The van der Waals surface area contributed by atoms with Gasteiger partial charge in [0, 0.05) is 29.8 Å². The van der Waals surface area contributed by atoms with E-state index in [1.807, 2.05) is 86.6 Å². The van der Waals surface area contributed by atoms with Crippen molar-refractivity contribution in [3.05, 3.63) is 89.2 Å². The van der Waals surface area contributed by atoms with Gasteiger partial charge < -0.3 is 20.3 Å². The first-order valence-electron chi connectivity index (χ1n) is 18.0. The molecule has 5 nitrogen and oxygen atoms in total. The predicted molar refractivity (Wildman–Crippen MR) is 207 cm³/mol. The van der Waals surface area contributed by atoms with E-state index in [2.05, 4.69) is 44.2 Å². The van der Waals surface area contributed by atoms with E-state index in [0.29, 0.717) is 29.9 Å². The van der Waals surface area contributed by atoms with E-state index < -0.39 is 6.10 Å². The first-order chi connectivity index (χ1) is 22.6. The van der Waals surface area contributed by atoms with Gasteiger partial charge >= 0.3 is 0 Å². The van der Waals surface area contributed by atoms with Gasteiger partial charge in [-0.2, -0.15) is 0 Å². The topological polar surface area (TPSA) is 74.6 Å². The normalized spacial score (nSPS) is 14.7. The third-order valence-electron chi connectivity index (χ3n) is 6.17. The Morgan fingerprint density at radius 1 is 1.00 bits per heavy atom. The number of benzene rings is 1. The molecule has 4 rings (SSSR count). The minimum atomic E-state index is -0.618. The Kier molecular flexibility index (Phi) is 37.5. The molecule has 6 heteroatoms. The monoisotopic (exact) mass is 661 g/mol. The molecule has 1 aromatic heterocycles. The van der Waals surface area contributed by atoms with Gasteiger partial charge in [-0.1, -0.05) is 120 Å². The molecule has 1 saturated heterocycles. The molecule has 272 valence electrons. The second-order valence-electron chi connectivity index (χ2n) is 9.93. The molecule has 3 N–H and O–H groups in total. The van der Waals surface area contributed by atoms with Crippen molar-refractivity contribution in [2.45, 2.75) is 141 Å². The molecule has 2 heterocycles. The molecule has 1 aliphatic carbocycles. The van der Waals surface area contributed by atoms with Crippen molar-refractivity contribution in [1.29, 1.82) is 0 Å². The quantitative estimate of drug-likeness (QED) is 0.269. The molecular weight excluding hydrogens is 587 g/mol. The zero-order chi connectivity index (χ0) is 37.4. The number of pyridine rings is 1. The number of hydrogen-bond acceptors (Lipinski definition) is 5. The fraction of sp³-hybridized carbons (Fsp3) is 0.585. The lowest BCUT2D eigenvalue weighted by molar-refractivity contribution is 0.147. The minimum Gasteiger partial charge on any atom is -0.496 e. The first kappa shape index (κ1) is 51.0. The fourth-order valence-electron chi connectivity index (χ4n) is 4.26. The standard InChI is InChI=1S/C19H18FNO.C6H13N.C5H10O2.C3H8.4C2H6/c1-11(2)17-10-21-19(18(20)12(17)3)16-9-14(22)8-13-6-4-5-7-15(13)16;1-2-6-4-3-5-7-6;1-5(2)7-4-3-6;1-3-2;4*1-2/h4-7,9-10,14,22H,1,8H2,2-3H3;6-7H,2-5H2,1H3;6H,1,3-4H2,2H3;3H2,1-2H3;4*1-2H3. The molecule has 2 aliphatic rings. The predicted octanol–water partition coefficient (Wildman–Crippen LogP) is 11.1. The Morgan fingerprint density at radius 3 is 1.96 bits per heavy atom. The Morgan fingerprint density at radius 2 is 1.55 bits per heavy atom. The summed E-state index contributed by atoms with van der Waals surface area (Å²) in [5.74, 6) is 0.296. The van der Waals surface area contributed by atoms with E-state index in [1.54, 1.807) is 26.1 Å². The van der Waals surface area contributed by atoms with Gasteiger partial charge in [-0.05, 0) is 74.9 Å². The summed E-state index contributed by atoms with van der Waals surface area (Å²) in [6.45, 7) is 36.8. The maximum absolute atomic E-state index is 14.8. The molecule has 1 aromatic carbocycles. The van der Waals surface area contributed by atoms with Crippen LogP contribution in [0.25, 0.3) is 11.1 Å². The van der Waals surface area contributed by atoms with Gasteiger partial charge in [0.25, 0.3) is 0 Å². The summed E-state index contributed by atoms with van der Waals surface area (Å²) in [5, 5.41) is 21.6. The average molecular weight is 661 g/mol. The van der Waals surface area contributed by atoms with Crippen LogP contribution in [0.1, 0.15) is 144 Å². The van der Waals surface area contributed by atoms with Gasteiger partial charge in [0.1, 0.15) is 12.3 Å². The zero-order valence-corrected chi connectivity index (χ0v) is 32.8. The van der Waals surface area contributed by atoms with E-state index in [0.717, 1.165) is 28.3 Å². The molecule has 0 bridgehead atoms. The summed E-state index contributed by atoms with van der Waals surface area (Å²) in [4.78, 5) is 4.30. The third kappa shape index (κ3) is 21.6. The van der Waals surface area contributed by atoms with E-state index in [4.69, 9.17) is 9.84 Å². The van der Waals surface area contributed by atoms with Crippen molar-refractivity contribution in [2.24, 2.45) is 0 Å². The van der Waals surface area contributed by atoms with Crippen LogP contribution in [0.15, 0.2) is 55.5 Å². The molecule has 1 fully saturated rings. The van der Waals surface area contributed by atoms with Crippen molar-refractivity contribution < 1.29 is 19.3 Å². The number of halogens is 1. The van der Waals surface area contributed by atoms with Gasteiger partial charge in [0.05, 0.1) is 18.5 Å². The average Bonchev–Trinajstić information content (AvgIpc) is 3.63. The van der Waals surface area contributed by atoms with E-state index in [1.165, 1.54) is 32.2 Å². The molecular formula is C41H73FN2O3. The number of nitrogens with zero attached hydrogens (tertiary/aromatic N) is 1. The molecule has 1 aliphatic heterocycles. The van der Waals surface area contributed by atoms with Crippen LogP contribution in [0.2, 0.25) is 0 Å². The highest BCUT2D eigenvalue weighted by Gasteiger charge is 2.23. The number of aliphatic hydroxyl groups is 2. The highest BCUT2D eigenvalue weighted by molar-refractivity contribution is 5.82. The van der Waals surface area contributed by atoms with Crippen LogP contribution in [0.3, 0.4) is 0 Å². The maximum atomic E-state index is 14.8. The SMILES string of the molecule is C=C(C)OCCO.C=C(C)c1cnc(C2=CC(O)Cc3ccccc32)c(F)c1C.CC.CC.CC.CC.CCC.CCC1CCCN1. The highest BCUT2D eigenvalue weighted by Crippen LogP contribution is 2.33. The second kappa shape index (κ2) is 34.5. The number of fused-ring (bicyclic) bond motifs is 1. The molecule has 0 radical (unpaired) electrons. The second-order valence-corrected chi connectivity index (χ2v) is 9.93. The number of nitrogens with one attached hydrogen (secondary N) is 1. The van der Waals surface area contributed by atoms with Gasteiger partial charge in [-0.25, -0.2) is 4.39 Å². The van der Waals surface area contributed by atoms with Crippen LogP contribution in [0, 0.1) is 12.7 Å². The van der Waals surface area contributed by atoms with Gasteiger partial charge in [0.2, 0.25) is 0 Å². The minimum absolute atomic E-state index is 0.0624. The zero-order valence-electron chi connectivity index (χ0n) is 32.8. The van der Waals surface area contributed by atoms with Crippen LogP contribution in [0.5, 0.6) is 0 Å². The Bertz CT molecular complexity index is 1080. The molecule has 0 amide bonds.